The first-order valence-electron chi connectivity index (χ1n) is 6.78. The van der Waals surface area contributed by atoms with Gasteiger partial charge >= 0.3 is 0 Å². The van der Waals surface area contributed by atoms with Crippen LogP contribution in [0, 0.1) is 5.92 Å². The summed E-state index contributed by atoms with van der Waals surface area (Å²) in [6.07, 6.45) is 4.91. The molecule has 0 bridgehead atoms. The average Bonchev–Trinajstić information content (AvgIpc) is 2.36. The minimum absolute atomic E-state index is 0.472. The maximum absolute atomic E-state index is 4.47. The van der Waals surface area contributed by atoms with Crippen LogP contribution in [-0.2, 0) is 6.54 Å². The number of rotatable bonds is 7. The van der Waals surface area contributed by atoms with E-state index in [1.165, 1.54) is 6.42 Å². The first kappa shape index (κ1) is 14.9. The van der Waals surface area contributed by atoms with Gasteiger partial charge in [-0.3, -0.25) is 4.98 Å². The molecule has 0 aliphatic heterocycles. The topological polar surface area (TPSA) is 41.1 Å². The maximum Gasteiger partial charge on any atom is 0.146 e. The third-order valence-corrected chi connectivity index (χ3v) is 3.06. The van der Waals surface area contributed by atoms with Gasteiger partial charge in [0.15, 0.2) is 0 Å². The summed E-state index contributed by atoms with van der Waals surface area (Å²) >= 11 is 0. The van der Waals surface area contributed by atoms with E-state index in [9.17, 15) is 0 Å². The molecule has 1 heterocycles. The molecule has 0 saturated heterocycles. The molecule has 1 N–H and O–H groups in total. The highest BCUT2D eigenvalue weighted by atomic mass is 15.2. The summed E-state index contributed by atoms with van der Waals surface area (Å²) < 4.78 is 0. The van der Waals surface area contributed by atoms with Crippen molar-refractivity contribution in [2.24, 2.45) is 5.92 Å². The van der Waals surface area contributed by atoms with Gasteiger partial charge in [-0.15, -0.1) is 0 Å². The fourth-order valence-electron chi connectivity index (χ4n) is 1.64. The molecule has 1 rings (SSSR count). The van der Waals surface area contributed by atoms with Gasteiger partial charge in [0.2, 0.25) is 0 Å². The van der Waals surface area contributed by atoms with Crippen LogP contribution < -0.4 is 10.2 Å². The van der Waals surface area contributed by atoms with Gasteiger partial charge in [-0.25, -0.2) is 4.98 Å². The smallest absolute Gasteiger partial charge is 0.146 e. The molecule has 1 aromatic heterocycles. The minimum Gasteiger partial charge on any atom is -0.358 e. The zero-order valence-corrected chi connectivity index (χ0v) is 12.3. The molecule has 102 valence electrons. The number of nitrogens with zero attached hydrogens (tertiary/aromatic N) is 3. The molecule has 18 heavy (non-hydrogen) atoms. The van der Waals surface area contributed by atoms with Gasteiger partial charge in [0.25, 0.3) is 0 Å². The molecule has 0 aromatic carbocycles. The average molecular weight is 250 g/mol. The molecule has 0 amide bonds. The van der Waals surface area contributed by atoms with E-state index < -0.39 is 0 Å². The second-order valence-electron chi connectivity index (χ2n) is 5.30. The second-order valence-corrected chi connectivity index (χ2v) is 5.30. The molecule has 1 aromatic rings. The molecule has 0 fully saturated rings. The molecule has 0 saturated carbocycles. The van der Waals surface area contributed by atoms with Crippen molar-refractivity contribution in [3.8, 4) is 0 Å². The zero-order valence-electron chi connectivity index (χ0n) is 12.3. The normalized spacial score (nSPS) is 12.8. The lowest BCUT2D eigenvalue weighted by Gasteiger charge is -2.21. The Kier molecular flexibility index (Phi) is 6.05. The molecule has 4 nitrogen and oxygen atoms in total. The van der Waals surface area contributed by atoms with Crippen LogP contribution in [0.1, 0.15) is 39.8 Å². The van der Waals surface area contributed by atoms with Crippen molar-refractivity contribution in [1.82, 2.24) is 15.3 Å². The standard InChI is InChI=1S/C14H26N4/c1-6-12(4)10-18(5)14-9-16-13(8-17-14)7-15-11(2)3/h8-9,11-12,15H,6-7,10H2,1-5H3. The minimum atomic E-state index is 0.472. The summed E-state index contributed by atoms with van der Waals surface area (Å²) in [4.78, 5) is 11.1. The van der Waals surface area contributed by atoms with Crippen LogP contribution in [0.25, 0.3) is 0 Å². The van der Waals surface area contributed by atoms with Crippen LogP contribution in [0.5, 0.6) is 0 Å². The molecule has 0 aliphatic rings. The number of aromatic nitrogens is 2. The number of anilines is 1. The number of hydrogen-bond acceptors (Lipinski definition) is 4. The lowest BCUT2D eigenvalue weighted by molar-refractivity contribution is 0.556. The Morgan fingerprint density at radius 3 is 2.44 bits per heavy atom. The van der Waals surface area contributed by atoms with Gasteiger partial charge in [-0.1, -0.05) is 34.1 Å². The van der Waals surface area contributed by atoms with E-state index in [0.29, 0.717) is 12.0 Å². The van der Waals surface area contributed by atoms with Crippen LogP contribution in [0.3, 0.4) is 0 Å². The van der Waals surface area contributed by atoms with E-state index in [1.807, 2.05) is 12.4 Å². The van der Waals surface area contributed by atoms with Crippen molar-refractivity contribution in [3.05, 3.63) is 18.1 Å². The summed E-state index contributed by atoms with van der Waals surface area (Å²) in [7, 11) is 2.07. The van der Waals surface area contributed by atoms with Gasteiger partial charge in [-0.2, -0.15) is 0 Å². The molecule has 1 unspecified atom stereocenters. The van der Waals surface area contributed by atoms with E-state index in [1.54, 1.807) is 0 Å². The first-order chi connectivity index (χ1) is 8.52. The van der Waals surface area contributed by atoms with Gasteiger partial charge in [0, 0.05) is 26.2 Å². The van der Waals surface area contributed by atoms with E-state index in [4.69, 9.17) is 0 Å². The van der Waals surface area contributed by atoms with Gasteiger partial charge < -0.3 is 10.2 Å². The molecule has 1 atom stereocenters. The highest BCUT2D eigenvalue weighted by Crippen LogP contribution is 2.11. The predicted molar refractivity (Wildman–Crippen MR) is 76.7 cm³/mol. The number of nitrogens with one attached hydrogen (secondary N) is 1. The Hall–Kier alpha value is -1.16. The Morgan fingerprint density at radius 1 is 1.22 bits per heavy atom. The van der Waals surface area contributed by atoms with E-state index in [2.05, 4.69) is 54.9 Å². The molecule has 0 aliphatic carbocycles. The maximum atomic E-state index is 4.47. The largest absolute Gasteiger partial charge is 0.358 e. The fraction of sp³-hybridized carbons (Fsp3) is 0.714. The third kappa shape index (κ3) is 5.00. The van der Waals surface area contributed by atoms with Crippen molar-refractivity contribution in [1.29, 1.82) is 0 Å². The summed E-state index contributed by atoms with van der Waals surface area (Å²) in [5, 5.41) is 3.34. The Morgan fingerprint density at radius 2 is 1.94 bits per heavy atom. The van der Waals surface area contributed by atoms with Crippen LogP contribution in [-0.4, -0.2) is 29.6 Å². The predicted octanol–water partition coefficient (Wildman–Crippen LogP) is 2.46. The Bertz CT molecular complexity index is 334. The Balaban J connectivity index is 2.53. The summed E-state index contributed by atoms with van der Waals surface area (Å²) in [6, 6.07) is 0.472. The molecular weight excluding hydrogens is 224 g/mol. The monoisotopic (exact) mass is 250 g/mol. The highest BCUT2D eigenvalue weighted by Gasteiger charge is 2.07. The van der Waals surface area contributed by atoms with Crippen LogP contribution in [0.2, 0.25) is 0 Å². The summed E-state index contributed by atoms with van der Waals surface area (Å²) in [5.41, 5.74) is 0.990. The first-order valence-corrected chi connectivity index (χ1v) is 6.78. The Labute approximate surface area is 111 Å². The van der Waals surface area contributed by atoms with Crippen molar-refractivity contribution in [2.45, 2.75) is 46.7 Å². The number of hydrogen-bond donors (Lipinski definition) is 1. The molecular formula is C14H26N4. The molecule has 4 heteroatoms. The second kappa shape index (κ2) is 7.31. The van der Waals surface area contributed by atoms with Crippen molar-refractivity contribution < 1.29 is 0 Å². The fourth-order valence-corrected chi connectivity index (χ4v) is 1.64. The van der Waals surface area contributed by atoms with Crippen molar-refractivity contribution in [3.63, 3.8) is 0 Å². The van der Waals surface area contributed by atoms with Gasteiger partial charge in [0.1, 0.15) is 5.82 Å². The van der Waals surface area contributed by atoms with Crippen molar-refractivity contribution in [2.75, 3.05) is 18.5 Å². The lowest BCUT2D eigenvalue weighted by atomic mass is 10.1. The van der Waals surface area contributed by atoms with Crippen LogP contribution in [0.15, 0.2) is 12.4 Å². The van der Waals surface area contributed by atoms with Crippen molar-refractivity contribution >= 4 is 5.82 Å². The zero-order chi connectivity index (χ0) is 13.5. The summed E-state index contributed by atoms with van der Waals surface area (Å²) in [5.74, 6) is 1.63. The lowest BCUT2D eigenvalue weighted by Crippen LogP contribution is -2.25. The quantitative estimate of drug-likeness (QED) is 0.807. The SMILES string of the molecule is CCC(C)CN(C)c1cnc(CNC(C)C)cn1. The van der Waals surface area contributed by atoms with E-state index in [0.717, 1.165) is 24.6 Å². The summed E-state index contributed by atoms with van der Waals surface area (Å²) in [6.45, 7) is 10.5. The molecule has 0 radical (unpaired) electrons. The molecule has 0 spiro atoms. The van der Waals surface area contributed by atoms with Crippen LogP contribution >= 0.6 is 0 Å². The van der Waals surface area contributed by atoms with E-state index >= 15 is 0 Å². The third-order valence-electron chi connectivity index (χ3n) is 3.06. The van der Waals surface area contributed by atoms with Gasteiger partial charge in [-0.05, 0) is 5.92 Å². The van der Waals surface area contributed by atoms with Gasteiger partial charge in [0.05, 0.1) is 18.1 Å². The van der Waals surface area contributed by atoms with Crippen LogP contribution in [0.4, 0.5) is 5.82 Å². The highest BCUT2D eigenvalue weighted by molar-refractivity contribution is 5.34. The van der Waals surface area contributed by atoms with E-state index in [-0.39, 0.29) is 0 Å².